The van der Waals surface area contributed by atoms with Gasteiger partial charge in [0.15, 0.2) is 0 Å². The predicted octanol–water partition coefficient (Wildman–Crippen LogP) is 7.67. The summed E-state index contributed by atoms with van der Waals surface area (Å²) in [5, 5.41) is 0. The molecule has 0 fully saturated rings. The van der Waals surface area contributed by atoms with E-state index in [-0.39, 0.29) is 11.5 Å². The Labute approximate surface area is 186 Å². The van der Waals surface area contributed by atoms with E-state index in [4.69, 9.17) is 0 Å². The molecule has 3 aromatic carbocycles. The van der Waals surface area contributed by atoms with Crippen molar-refractivity contribution in [2.24, 2.45) is 5.41 Å². The summed E-state index contributed by atoms with van der Waals surface area (Å²) in [6.45, 7) is 9.24. The summed E-state index contributed by atoms with van der Waals surface area (Å²) in [6, 6.07) is 29.3. The molecule has 0 spiro atoms. The van der Waals surface area contributed by atoms with Gasteiger partial charge in [-0.1, -0.05) is 99.1 Å². The Bertz CT molecular complexity index is 1160. The van der Waals surface area contributed by atoms with Gasteiger partial charge < -0.3 is 4.90 Å². The van der Waals surface area contributed by atoms with Crippen LogP contribution in [0.5, 0.6) is 0 Å². The summed E-state index contributed by atoms with van der Waals surface area (Å²) in [7, 11) is 0. The first-order chi connectivity index (χ1) is 14.9. The molecule has 1 atom stereocenters. The summed E-state index contributed by atoms with van der Waals surface area (Å²) < 4.78 is 0. The zero-order chi connectivity index (χ0) is 21.6. The Kier molecular flexibility index (Phi) is 4.85. The third kappa shape index (κ3) is 3.53. The molecule has 156 valence electrons. The van der Waals surface area contributed by atoms with Crippen molar-refractivity contribution in [1.29, 1.82) is 0 Å². The van der Waals surface area contributed by atoms with Gasteiger partial charge in [0.1, 0.15) is 0 Å². The van der Waals surface area contributed by atoms with Crippen molar-refractivity contribution in [3.8, 4) is 0 Å². The van der Waals surface area contributed by atoms with E-state index in [9.17, 15) is 0 Å². The highest BCUT2D eigenvalue weighted by Crippen LogP contribution is 2.49. The summed E-state index contributed by atoms with van der Waals surface area (Å²) >= 11 is 0. The van der Waals surface area contributed by atoms with Crippen molar-refractivity contribution in [2.75, 3.05) is 4.90 Å². The van der Waals surface area contributed by atoms with Crippen LogP contribution in [-0.2, 0) is 6.42 Å². The van der Waals surface area contributed by atoms with Gasteiger partial charge in [0.25, 0.3) is 0 Å². The molecule has 0 amide bonds. The molecule has 2 aliphatic rings. The molecule has 1 aliphatic carbocycles. The van der Waals surface area contributed by atoms with E-state index in [1.54, 1.807) is 0 Å². The fourth-order valence-electron chi connectivity index (χ4n) is 5.04. The highest BCUT2D eigenvalue weighted by atomic mass is 15.2. The lowest BCUT2D eigenvalue weighted by molar-refractivity contribution is 0.362. The second kappa shape index (κ2) is 7.57. The van der Waals surface area contributed by atoms with Crippen LogP contribution in [0.1, 0.15) is 49.4 Å². The second-order valence-electron chi connectivity index (χ2n) is 9.95. The molecule has 0 N–H and O–H groups in total. The number of rotatable bonds is 2. The summed E-state index contributed by atoms with van der Waals surface area (Å²) in [4.78, 5) is 2.61. The van der Waals surface area contributed by atoms with Crippen LogP contribution in [0.25, 0.3) is 11.3 Å². The fraction of sp³-hybridized carbons (Fsp3) is 0.267. The van der Waals surface area contributed by atoms with Gasteiger partial charge in [-0.15, -0.1) is 0 Å². The van der Waals surface area contributed by atoms with E-state index in [1.807, 2.05) is 0 Å². The van der Waals surface area contributed by atoms with Gasteiger partial charge in [-0.2, -0.15) is 0 Å². The molecule has 0 saturated carbocycles. The smallest absolute Gasteiger partial charge is 0.0580 e. The molecule has 1 nitrogen and oxygen atoms in total. The van der Waals surface area contributed by atoms with Crippen LogP contribution < -0.4 is 4.90 Å². The molecule has 0 radical (unpaired) electrons. The van der Waals surface area contributed by atoms with E-state index in [0.29, 0.717) is 0 Å². The molecular formula is C30H31N. The van der Waals surface area contributed by atoms with Gasteiger partial charge in [-0.25, -0.2) is 0 Å². The normalized spacial score (nSPS) is 18.4. The van der Waals surface area contributed by atoms with E-state index in [1.165, 1.54) is 44.8 Å². The van der Waals surface area contributed by atoms with Crippen LogP contribution in [0.2, 0.25) is 0 Å². The van der Waals surface area contributed by atoms with Crippen molar-refractivity contribution in [1.82, 2.24) is 0 Å². The quantitative estimate of drug-likeness (QED) is 0.423. The van der Waals surface area contributed by atoms with Crippen molar-refractivity contribution in [3.05, 3.63) is 113 Å². The van der Waals surface area contributed by atoms with Gasteiger partial charge in [-0.3, -0.25) is 0 Å². The molecule has 31 heavy (non-hydrogen) atoms. The molecule has 0 aromatic heterocycles. The van der Waals surface area contributed by atoms with Crippen LogP contribution in [0.4, 0.5) is 5.69 Å². The predicted molar refractivity (Wildman–Crippen MR) is 133 cm³/mol. The van der Waals surface area contributed by atoms with Crippen LogP contribution in [0, 0.1) is 12.3 Å². The lowest BCUT2D eigenvalue weighted by atomic mass is 9.74. The van der Waals surface area contributed by atoms with Gasteiger partial charge in [0, 0.05) is 11.3 Å². The first kappa shape index (κ1) is 19.9. The van der Waals surface area contributed by atoms with Crippen LogP contribution in [0.15, 0.2) is 90.5 Å². The first-order valence-corrected chi connectivity index (χ1v) is 11.4. The van der Waals surface area contributed by atoms with Gasteiger partial charge in [0.05, 0.1) is 11.7 Å². The number of allylic oxidation sites excluding steroid dienone is 2. The maximum Gasteiger partial charge on any atom is 0.0580 e. The highest BCUT2D eigenvalue weighted by molar-refractivity contribution is 5.99. The molecular weight excluding hydrogens is 374 g/mol. The molecule has 3 aromatic rings. The maximum atomic E-state index is 2.61. The van der Waals surface area contributed by atoms with Crippen molar-refractivity contribution < 1.29 is 0 Å². The Morgan fingerprint density at radius 2 is 1.45 bits per heavy atom. The largest absolute Gasteiger partial charge is 0.333 e. The lowest BCUT2D eigenvalue weighted by Crippen LogP contribution is -2.45. The van der Waals surface area contributed by atoms with E-state index < -0.39 is 0 Å². The average Bonchev–Trinajstić information content (AvgIpc) is 2.78. The SMILES string of the molecule is Cc1ccc(N2C3=C(CCc4ccccc43)C(c3ccccc3)=CC2C(C)(C)C)cc1. The Hall–Kier alpha value is -3.06. The zero-order valence-corrected chi connectivity index (χ0v) is 19.0. The van der Waals surface area contributed by atoms with Crippen LogP contribution >= 0.6 is 0 Å². The van der Waals surface area contributed by atoms with Crippen LogP contribution in [0.3, 0.4) is 0 Å². The number of hydrogen-bond donors (Lipinski definition) is 0. The fourth-order valence-corrected chi connectivity index (χ4v) is 5.04. The Balaban J connectivity index is 1.80. The molecule has 1 heteroatoms. The number of benzene rings is 3. The van der Waals surface area contributed by atoms with E-state index in [0.717, 1.165) is 12.8 Å². The standard InChI is InChI=1S/C30H31N/c1-21-14-17-24(18-15-21)31-28(30(2,3)4)20-27(22-10-6-5-7-11-22)26-19-16-23-12-8-9-13-25(23)29(26)31/h5-15,17-18,20,28H,16,19H2,1-4H3. The molecule has 1 aliphatic heterocycles. The minimum absolute atomic E-state index is 0.0792. The lowest BCUT2D eigenvalue weighted by Gasteiger charge is -2.47. The third-order valence-corrected chi connectivity index (χ3v) is 6.66. The highest BCUT2D eigenvalue weighted by Gasteiger charge is 2.39. The summed E-state index contributed by atoms with van der Waals surface area (Å²) in [5.41, 5.74) is 11.1. The minimum atomic E-state index is 0.0792. The average molecular weight is 406 g/mol. The van der Waals surface area contributed by atoms with Gasteiger partial charge in [0.2, 0.25) is 0 Å². The number of aryl methyl sites for hydroxylation is 2. The van der Waals surface area contributed by atoms with Gasteiger partial charge in [-0.05, 0) is 59.6 Å². The maximum absolute atomic E-state index is 2.61. The number of hydrogen-bond acceptors (Lipinski definition) is 1. The molecule has 0 saturated heterocycles. The zero-order valence-electron chi connectivity index (χ0n) is 19.0. The van der Waals surface area contributed by atoms with Crippen molar-refractivity contribution in [2.45, 2.75) is 46.6 Å². The first-order valence-electron chi connectivity index (χ1n) is 11.4. The summed E-state index contributed by atoms with van der Waals surface area (Å²) in [6.07, 6.45) is 4.70. The van der Waals surface area contributed by atoms with E-state index in [2.05, 4.69) is 118 Å². The second-order valence-corrected chi connectivity index (χ2v) is 9.95. The van der Waals surface area contributed by atoms with Crippen LogP contribution in [-0.4, -0.2) is 6.04 Å². The van der Waals surface area contributed by atoms with Crippen molar-refractivity contribution in [3.63, 3.8) is 0 Å². The number of anilines is 1. The van der Waals surface area contributed by atoms with E-state index >= 15 is 0 Å². The topological polar surface area (TPSA) is 3.24 Å². The Morgan fingerprint density at radius 3 is 2.16 bits per heavy atom. The monoisotopic (exact) mass is 405 g/mol. The Morgan fingerprint density at radius 1 is 0.774 bits per heavy atom. The minimum Gasteiger partial charge on any atom is -0.333 e. The number of nitrogens with zero attached hydrogens (tertiary/aromatic N) is 1. The number of fused-ring (bicyclic) bond motifs is 2. The molecule has 1 heterocycles. The van der Waals surface area contributed by atoms with Crippen molar-refractivity contribution >= 4 is 17.0 Å². The third-order valence-electron chi connectivity index (χ3n) is 6.66. The summed E-state index contributed by atoms with van der Waals surface area (Å²) in [5.74, 6) is 0. The van der Waals surface area contributed by atoms with Gasteiger partial charge >= 0.3 is 0 Å². The molecule has 1 unspecified atom stereocenters. The molecule has 5 rings (SSSR count). The molecule has 0 bridgehead atoms.